The van der Waals surface area contributed by atoms with Gasteiger partial charge < -0.3 is 4.90 Å². The number of benzene rings is 2. The van der Waals surface area contributed by atoms with E-state index in [1.807, 2.05) is 53.4 Å². The smallest absolute Gasteiger partial charge is 0.298 e. The van der Waals surface area contributed by atoms with Gasteiger partial charge >= 0.3 is 0 Å². The number of para-hydroxylation sites is 2. The molecule has 5 nitrogen and oxygen atoms in total. The molecule has 25 heavy (non-hydrogen) atoms. The summed E-state index contributed by atoms with van der Waals surface area (Å²) in [4.78, 5) is 20.3. The molecule has 0 bridgehead atoms. The molecule has 0 spiro atoms. The van der Waals surface area contributed by atoms with Crippen LogP contribution in [0.5, 0.6) is 0 Å². The lowest BCUT2D eigenvalue weighted by molar-refractivity contribution is 0.0967. The van der Waals surface area contributed by atoms with Gasteiger partial charge in [0.1, 0.15) is 6.33 Å². The molecule has 1 aromatic heterocycles. The van der Waals surface area contributed by atoms with Gasteiger partial charge in [-0.3, -0.25) is 4.79 Å². The quantitative estimate of drug-likeness (QED) is 0.705. The Bertz CT molecular complexity index is 909. The van der Waals surface area contributed by atoms with E-state index in [1.54, 1.807) is 22.8 Å². The Balaban J connectivity index is 1.70. The van der Waals surface area contributed by atoms with E-state index < -0.39 is 0 Å². The molecule has 2 atom stereocenters. The first-order valence-electron chi connectivity index (χ1n) is 8.21. The molecule has 0 radical (unpaired) electrons. The van der Waals surface area contributed by atoms with Gasteiger partial charge in [0, 0.05) is 16.2 Å². The fourth-order valence-electron chi connectivity index (χ4n) is 2.95. The van der Waals surface area contributed by atoms with Crippen LogP contribution in [0.25, 0.3) is 5.69 Å². The summed E-state index contributed by atoms with van der Waals surface area (Å²) in [5, 5.41) is 4.70. The number of anilines is 1. The molecule has 6 heteroatoms. The van der Waals surface area contributed by atoms with Crippen molar-refractivity contribution in [1.29, 1.82) is 0 Å². The SMILES string of the molecule is C[C@@H]1[C@@H](C)Sc2ccccc2N1C(=O)c1ncn(-c2ccccc2)n1. The Hall–Kier alpha value is -2.60. The van der Waals surface area contributed by atoms with Crippen LogP contribution in [-0.2, 0) is 0 Å². The van der Waals surface area contributed by atoms with Crippen molar-refractivity contribution in [2.45, 2.75) is 30.0 Å². The minimum Gasteiger partial charge on any atom is -0.301 e. The lowest BCUT2D eigenvalue weighted by Gasteiger charge is -2.38. The van der Waals surface area contributed by atoms with Crippen molar-refractivity contribution < 1.29 is 4.79 Å². The number of carbonyl (C=O) groups is 1. The van der Waals surface area contributed by atoms with Crippen LogP contribution < -0.4 is 4.90 Å². The lowest BCUT2D eigenvalue weighted by Crippen LogP contribution is -2.46. The Morgan fingerprint density at radius 2 is 1.76 bits per heavy atom. The zero-order chi connectivity index (χ0) is 17.4. The fraction of sp³-hybridized carbons (Fsp3) is 0.211. The zero-order valence-electron chi connectivity index (χ0n) is 14.0. The van der Waals surface area contributed by atoms with Crippen LogP contribution in [0.2, 0.25) is 0 Å². The van der Waals surface area contributed by atoms with Crippen molar-refractivity contribution in [2.75, 3.05) is 4.90 Å². The second-order valence-electron chi connectivity index (χ2n) is 6.05. The standard InChI is InChI=1S/C19H18N4OS/c1-13-14(2)25-17-11-7-6-10-16(17)23(13)19(24)18-20-12-22(21-18)15-8-4-3-5-9-15/h3-14H,1-2H3/t13-,14-/m1/s1. The molecule has 1 aliphatic rings. The molecule has 0 saturated carbocycles. The first kappa shape index (κ1) is 15.9. The minimum absolute atomic E-state index is 0.0658. The molecule has 4 rings (SSSR count). The number of amides is 1. The van der Waals surface area contributed by atoms with Crippen LogP contribution in [0, 0.1) is 0 Å². The third-order valence-electron chi connectivity index (χ3n) is 4.45. The Morgan fingerprint density at radius 1 is 1.04 bits per heavy atom. The number of rotatable bonds is 2. The van der Waals surface area contributed by atoms with Crippen LogP contribution in [0.1, 0.15) is 24.5 Å². The van der Waals surface area contributed by atoms with E-state index in [-0.39, 0.29) is 17.8 Å². The summed E-state index contributed by atoms with van der Waals surface area (Å²) in [6.45, 7) is 4.21. The first-order valence-corrected chi connectivity index (χ1v) is 9.09. The molecule has 1 amide bonds. The number of thioether (sulfide) groups is 1. The highest BCUT2D eigenvalue weighted by Gasteiger charge is 2.35. The highest BCUT2D eigenvalue weighted by Crippen LogP contribution is 2.41. The number of aromatic nitrogens is 3. The van der Waals surface area contributed by atoms with Gasteiger partial charge in [-0.15, -0.1) is 16.9 Å². The monoisotopic (exact) mass is 350 g/mol. The first-order chi connectivity index (χ1) is 12.1. The minimum atomic E-state index is -0.165. The number of hydrogen-bond donors (Lipinski definition) is 0. The summed E-state index contributed by atoms with van der Waals surface area (Å²) in [5.74, 6) is 0.0476. The van der Waals surface area contributed by atoms with Crippen molar-refractivity contribution in [3.63, 3.8) is 0 Å². The van der Waals surface area contributed by atoms with E-state index in [4.69, 9.17) is 0 Å². The molecule has 3 aromatic rings. The molecule has 0 fully saturated rings. The highest BCUT2D eigenvalue weighted by molar-refractivity contribution is 8.00. The zero-order valence-corrected chi connectivity index (χ0v) is 14.9. The summed E-state index contributed by atoms with van der Waals surface area (Å²) >= 11 is 1.80. The molecule has 126 valence electrons. The molecule has 0 unspecified atom stereocenters. The van der Waals surface area contributed by atoms with E-state index in [2.05, 4.69) is 30.0 Å². The Morgan fingerprint density at radius 3 is 2.56 bits per heavy atom. The van der Waals surface area contributed by atoms with Crippen molar-refractivity contribution in [1.82, 2.24) is 14.8 Å². The summed E-state index contributed by atoms with van der Waals surface area (Å²) in [6, 6.07) is 17.7. The molecule has 0 aliphatic carbocycles. The van der Waals surface area contributed by atoms with E-state index in [0.717, 1.165) is 16.3 Å². The topological polar surface area (TPSA) is 51.0 Å². The van der Waals surface area contributed by atoms with Gasteiger partial charge in [0.05, 0.1) is 11.4 Å². The molecule has 2 heterocycles. The van der Waals surface area contributed by atoms with Gasteiger partial charge in [0.15, 0.2) is 0 Å². The normalized spacial score (nSPS) is 19.5. The average Bonchev–Trinajstić information content (AvgIpc) is 3.13. The van der Waals surface area contributed by atoms with Crippen molar-refractivity contribution >= 4 is 23.4 Å². The second-order valence-corrected chi connectivity index (χ2v) is 7.47. The third-order valence-corrected chi connectivity index (χ3v) is 5.81. The van der Waals surface area contributed by atoms with E-state index >= 15 is 0 Å². The largest absolute Gasteiger partial charge is 0.301 e. The van der Waals surface area contributed by atoms with Gasteiger partial charge in [-0.05, 0) is 31.2 Å². The van der Waals surface area contributed by atoms with E-state index in [0.29, 0.717) is 5.25 Å². The van der Waals surface area contributed by atoms with Crippen LogP contribution in [0.3, 0.4) is 0 Å². The molecule has 0 saturated heterocycles. The molecule has 0 N–H and O–H groups in total. The maximum absolute atomic E-state index is 13.1. The molecule has 2 aromatic carbocycles. The predicted octanol–water partition coefficient (Wildman–Crippen LogP) is 3.80. The maximum atomic E-state index is 13.1. The summed E-state index contributed by atoms with van der Waals surface area (Å²) in [6.07, 6.45) is 1.58. The Kier molecular flexibility index (Phi) is 4.05. The Labute approximate surface area is 150 Å². The number of carbonyl (C=O) groups excluding carboxylic acids is 1. The maximum Gasteiger partial charge on any atom is 0.298 e. The van der Waals surface area contributed by atoms with Gasteiger partial charge in [-0.1, -0.05) is 37.3 Å². The van der Waals surface area contributed by atoms with Gasteiger partial charge in [-0.25, -0.2) is 9.67 Å². The number of fused-ring (bicyclic) bond motifs is 1. The average molecular weight is 350 g/mol. The predicted molar refractivity (Wildman–Crippen MR) is 99.4 cm³/mol. The molecule has 1 aliphatic heterocycles. The van der Waals surface area contributed by atoms with E-state index in [1.165, 1.54) is 0 Å². The van der Waals surface area contributed by atoms with Crippen molar-refractivity contribution in [2.24, 2.45) is 0 Å². The van der Waals surface area contributed by atoms with Crippen LogP contribution in [0.15, 0.2) is 65.8 Å². The lowest BCUT2D eigenvalue weighted by atomic mass is 10.1. The second kappa shape index (κ2) is 6.37. The summed E-state index contributed by atoms with van der Waals surface area (Å²) < 4.78 is 1.63. The van der Waals surface area contributed by atoms with Gasteiger partial charge in [-0.2, -0.15) is 0 Å². The summed E-state index contributed by atoms with van der Waals surface area (Å²) in [7, 11) is 0. The third kappa shape index (κ3) is 2.82. The van der Waals surface area contributed by atoms with Crippen molar-refractivity contribution in [3.8, 4) is 5.69 Å². The van der Waals surface area contributed by atoms with Crippen LogP contribution >= 0.6 is 11.8 Å². The fourth-order valence-corrected chi connectivity index (χ4v) is 4.12. The van der Waals surface area contributed by atoms with Crippen LogP contribution in [0.4, 0.5) is 5.69 Å². The molecular weight excluding hydrogens is 332 g/mol. The van der Waals surface area contributed by atoms with E-state index in [9.17, 15) is 4.79 Å². The molecular formula is C19H18N4OS. The summed E-state index contributed by atoms with van der Waals surface area (Å²) in [5.41, 5.74) is 1.81. The van der Waals surface area contributed by atoms with Crippen molar-refractivity contribution in [3.05, 3.63) is 66.7 Å². The highest BCUT2D eigenvalue weighted by atomic mass is 32.2. The number of hydrogen-bond acceptors (Lipinski definition) is 4. The van der Waals surface area contributed by atoms with Crippen LogP contribution in [-0.4, -0.2) is 32.0 Å². The van der Waals surface area contributed by atoms with Gasteiger partial charge in [0.2, 0.25) is 5.82 Å². The van der Waals surface area contributed by atoms with Gasteiger partial charge in [0.25, 0.3) is 5.91 Å². The number of nitrogens with zero attached hydrogens (tertiary/aromatic N) is 4.